The molecule has 4 rings (SSSR count). The number of amides is 1. The van der Waals surface area contributed by atoms with Crippen LogP contribution in [-0.4, -0.2) is 26.2 Å². The molecular weight excluding hydrogens is 473 g/mol. The average Bonchev–Trinajstić information content (AvgIpc) is 3.16. The molecule has 0 spiro atoms. The molecule has 0 saturated heterocycles. The number of pyridine rings is 1. The normalized spacial score (nSPS) is 11.9. The van der Waals surface area contributed by atoms with Crippen LogP contribution in [0.4, 0.5) is 18.9 Å². The van der Waals surface area contributed by atoms with E-state index >= 15 is 0 Å². The molecule has 0 bridgehead atoms. The summed E-state index contributed by atoms with van der Waals surface area (Å²) in [4.78, 5) is 35.3. The molecule has 4 aromatic rings. The molecular formula is C22H19F3N4O2S2. The number of para-hydroxylation sites is 1. The topological polar surface area (TPSA) is 76.9 Å². The first kappa shape index (κ1) is 23.2. The quantitative estimate of drug-likeness (QED) is 0.270. The largest absolute Gasteiger partial charge is 0.418 e. The zero-order valence-corrected chi connectivity index (χ0v) is 19.1. The van der Waals surface area contributed by atoms with Gasteiger partial charge in [0.2, 0.25) is 5.91 Å². The maximum Gasteiger partial charge on any atom is 0.418 e. The van der Waals surface area contributed by atoms with Crippen molar-refractivity contribution in [3.8, 4) is 0 Å². The van der Waals surface area contributed by atoms with Gasteiger partial charge in [-0.1, -0.05) is 37.2 Å². The first-order valence-electron chi connectivity index (χ1n) is 10.2. The lowest BCUT2D eigenvalue weighted by molar-refractivity contribution is -0.137. The average molecular weight is 493 g/mol. The zero-order chi connectivity index (χ0) is 23.6. The molecule has 0 radical (unpaired) electrons. The van der Waals surface area contributed by atoms with E-state index in [1.807, 2.05) is 13.0 Å². The fourth-order valence-electron chi connectivity index (χ4n) is 3.32. The lowest BCUT2D eigenvalue weighted by Crippen LogP contribution is -2.24. The van der Waals surface area contributed by atoms with Crippen LogP contribution in [0.3, 0.4) is 0 Å². The number of carbonyl (C=O) groups excluding carboxylic acids is 1. The highest BCUT2D eigenvalue weighted by atomic mass is 32.2. The molecule has 0 atom stereocenters. The maximum absolute atomic E-state index is 13.2. The third-order valence-corrected chi connectivity index (χ3v) is 6.96. The van der Waals surface area contributed by atoms with E-state index in [1.54, 1.807) is 12.3 Å². The van der Waals surface area contributed by atoms with Crippen molar-refractivity contribution in [1.29, 1.82) is 0 Å². The van der Waals surface area contributed by atoms with E-state index < -0.39 is 17.6 Å². The number of nitrogens with one attached hydrogen (secondary N) is 1. The Morgan fingerprint density at radius 2 is 2.00 bits per heavy atom. The predicted molar refractivity (Wildman–Crippen MR) is 125 cm³/mol. The van der Waals surface area contributed by atoms with Crippen molar-refractivity contribution in [3.05, 3.63) is 58.5 Å². The molecule has 3 aromatic heterocycles. The molecule has 1 amide bonds. The van der Waals surface area contributed by atoms with Gasteiger partial charge in [0, 0.05) is 18.1 Å². The standard InChI is InChI=1S/C22H19F3N4O2S2/c1-2-3-11-29-20(31)18-17(13-7-6-10-26-19(13)33-18)28-21(29)32-12-16(30)27-15-9-5-4-8-14(15)22(23,24)25/h4-10H,2-3,11-12H2,1H3,(H,27,30). The summed E-state index contributed by atoms with van der Waals surface area (Å²) in [6, 6.07) is 8.40. The number of benzene rings is 1. The number of aromatic nitrogens is 3. The molecule has 11 heteroatoms. The fraction of sp³-hybridized carbons (Fsp3) is 0.273. The van der Waals surface area contributed by atoms with Crippen molar-refractivity contribution >= 4 is 55.1 Å². The number of rotatable bonds is 7. The van der Waals surface area contributed by atoms with Gasteiger partial charge in [-0.3, -0.25) is 14.2 Å². The van der Waals surface area contributed by atoms with E-state index in [0.29, 0.717) is 26.7 Å². The lowest BCUT2D eigenvalue weighted by Gasteiger charge is -2.14. The fourth-order valence-corrected chi connectivity index (χ4v) is 5.17. The number of thiophene rings is 1. The predicted octanol–water partition coefficient (Wildman–Crippen LogP) is 5.56. The van der Waals surface area contributed by atoms with Crippen molar-refractivity contribution in [2.75, 3.05) is 11.1 Å². The Balaban J connectivity index is 1.63. The highest BCUT2D eigenvalue weighted by Gasteiger charge is 2.33. The molecule has 0 aliphatic heterocycles. The Morgan fingerprint density at radius 3 is 2.76 bits per heavy atom. The third kappa shape index (κ3) is 4.88. The second kappa shape index (κ2) is 9.52. The first-order valence-corrected chi connectivity index (χ1v) is 12.0. The van der Waals surface area contributed by atoms with Gasteiger partial charge in [0.25, 0.3) is 5.56 Å². The van der Waals surface area contributed by atoms with Gasteiger partial charge >= 0.3 is 6.18 Å². The molecule has 1 aromatic carbocycles. The summed E-state index contributed by atoms with van der Waals surface area (Å²) in [5.74, 6) is -0.818. The first-order chi connectivity index (χ1) is 15.8. The summed E-state index contributed by atoms with van der Waals surface area (Å²) in [5, 5.41) is 3.43. The van der Waals surface area contributed by atoms with E-state index in [1.165, 1.54) is 34.1 Å². The number of unbranched alkanes of at least 4 members (excludes halogenated alkanes) is 1. The van der Waals surface area contributed by atoms with Crippen molar-refractivity contribution in [1.82, 2.24) is 14.5 Å². The number of hydrogen-bond donors (Lipinski definition) is 1. The molecule has 0 aliphatic carbocycles. The number of anilines is 1. The Hall–Kier alpha value is -2.92. The summed E-state index contributed by atoms with van der Waals surface area (Å²) >= 11 is 2.29. The molecule has 0 aliphatic rings. The maximum atomic E-state index is 13.2. The Bertz CT molecular complexity index is 1380. The minimum atomic E-state index is -4.59. The van der Waals surface area contributed by atoms with Crippen LogP contribution < -0.4 is 10.9 Å². The van der Waals surface area contributed by atoms with Gasteiger partial charge in [0.15, 0.2) is 5.16 Å². The number of alkyl halides is 3. The van der Waals surface area contributed by atoms with Gasteiger partial charge in [-0.25, -0.2) is 9.97 Å². The highest BCUT2D eigenvalue weighted by molar-refractivity contribution is 7.99. The van der Waals surface area contributed by atoms with Crippen molar-refractivity contribution in [2.24, 2.45) is 0 Å². The van der Waals surface area contributed by atoms with Crippen LogP contribution in [0.25, 0.3) is 20.4 Å². The van der Waals surface area contributed by atoms with Crippen LogP contribution in [0.5, 0.6) is 0 Å². The molecule has 0 fully saturated rings. The Labute approximate surface area is 194 Å². The lowest BCUT2D eigenvalue weighted by atomic mass is 10.1. The van der Waals surface area contributed by atoms with Crippen LogP contribution in [0.1, 0.15) is 25.3 Å². The van der Waals surface area contributed by atoms with Crippen LogP contribution in [0.15, 0.2) is 52.5 Å². The van der Waals surface area contributed by atoms with Crippen LogP contribution in [0, 0.1) is 0 Å². The molecule has 3 heterocycles. The molecule has 33 heavy (non-hydrogen) atoms. The molecule has 172 valence electrons. The van der Waals surface area contributed by atoms with Crippen molar-refractivity contribution < 1.29 is 18.0 Å². The number of thioether (sulfide) groups is 1. The second-order valence-electron chi connectivity index (χ2n) is 7.22. The molecule has 0 saturated carbocycles. The second-order valence-corrected chi connectivity index (χ2v) is 9.16. The SMILES string of the molecule is CCCCn1c(SCC(=O)Nc2ccccc2C(F)(F)F)nc2c(sc3ncccc32)c1=O. The summed E-state index contributed by atoms with van der Waals surface area (Å²) in [5.41, 5.74) is -0.912. The van der Waals surface area contributed by atoms with Crippen molar-refractivity contribution in [2.45, 2.75) is 37.6 Å². The summed E-state index contributed by atoms with van der Waals surface area (Å²) in [6.07, 6.45) is -1.34. The summed E-state index contributed by atoms with van der Waals surface area (Å²) in [6.45, 7) is 2.43. The molecule has 1 N–H and O–H groups in total. The van der Waals surface area contributed by atoms with E-state index in [-0.39, 0.29) is 17.0 Å². The smallest absolute Gasteiger partial charge is 0.325 e. The number of nitrogens with zero attached hydrogens (tertiary/aromatic N) is 3. The molecule has 6 nitrogen and oxygen atoms in total. The van der Waals surface area contributed by atoms with E-state index in [0.717, 1.165) is 36.1 Å². The van der Waals surface area contributed by atoms with Gasteiger partial charge in [0.05, 0.1) is 22.5 Å². The third-order valence-electron chi connectivity index (χ3n) is 4.89. The monoisotopic (exact) mass is 492 g/mol. The van der Waals surface area contributed by atoms with Crippen LogP contribution in [-0.2, 0) is 17.5 Å². The minimum absolute atomic E-state index is 0.198. The van der Waals surface area contributed by atoms with Gasteiger partial charge in [-0.2, -0.15) is 13.2 Å². The Kier molecular flexibility index (Phi) is 6.71. The van der Waals surface area contributed by atoms with Gasteiger partial charge < -0.3 is 5.32 Å². The van der Waals surface area contributed by atoms with E-state index in [2.05, 4.69) is 15.3 Å². The van der Waals surface area contributed by atoms with Gasteiger partial charge in [0.1, 0.15) is 9.53 Å². The van der Waals surface area contributed by atoms with Crippen LogP contribution >= 0.6 is 23.1 Å². The Morgan fingerprint density at radius 1 is 1.21 bits per heavy atom. The highest BCUT2D eigenvalue weighted by Crippen LogP contribution is 2.35. The van der Waals surface area contributed by atoms with Gasteiger partial charge in [-0.05, 0) is 30.7 Å². The number of hydrogen-bond acceptors (Lipinski definition) is 6. The number of halogens is 3. The summed E-state index contributed by atoms with van der Waals surface area (Å²) < 4.78 is 41.6. The summed E-state index contributed by atoms with van der Waals surface area (Å²) in [7, 11) is 0. The van der Waals surface area contributed by atoms with Crippen LogP contribution in [0.2, 0.25) is 0 Å². The van der Waals surface area contributed by atoms with E-state index in [9.17, 15) is 22.8 Å². The molecule has 0 unspecified atom stereocenters. The zero-order valence-electron chi connectivity index (χ0n) is 17.5. The number of fused-ring (bicyclic) bond motifs is 3. The minimum Gasteiger partial charge on any atom is -0.325 e. The van der Waals surface area contributed by atoms with E-state index in [4.69, 9.17) is 0 Å². The van der Waals surface area contributed by atoms with Crippen molar-refractivity contribution in [3.63, 3.8) is 0 Å². The number of carbonyl (C=O) groups is 1. The van der Waals surface area contributed by atoms with Gasteiger partial charge in [-0.15, -0.1) is 11.3 Å².